The lowest BCUT2D eigenvalue weighted by atomic mass is 10.0. The van der Waals surface area contributed by atoms with Crippen LogP contribution in [0.1, 0.15) is 5.56 Å². The van der Waals surface area contributed by atoms with Crippen molar-refractivity contribution in [2.45, 2.75) is 6.42 Å². The number of nitrogens with zero attached hydrogens (tertiary/aromatic N) is 5. The number of hydrogen-bond donors (Lipinski definition) is 1. The first-order valence-corrected chi connectivity index (χ1v) is 9.68. The highest BCUT2D eigenvalue weighted by Gasteiger charge is 2.16. The minimum atomic E-state index is 0.600. The van der Waals surface area contributed by atoms with E-state index in [1.165, 1.54) is 0 Å². The van der Waals surface area contributed by atoms with E-state index in [1.807, 2.05) is 12.3 Å². The van der Waals surface area contributed by atoms with Crippen molar-refractivity contribution in [1.29, 1.82) is 0 Å². The van der Waals surface area contributed by atoms with Gasteiger partial charge < -0.3 is 15.5 Å². The lowest BCUT2D eigenvalue weighted by Crippen LogP contribution is -2.44. The van der Waals surface area contributed by atoms with Crippen molar-refractivity contribution >= 4 is 29.3 Å². The summed E-state index contributed by atoms with van der Waals surface area (Å²) < 4.78 is 0. The Balaban J connectivity index is 1.68. The van der Waals surface area contributed by atoms with Gasteiger partial charge in [-0.1, -0.05) is 18.2 Å². The number of nitrogens with two attached hydrogens (primary N) is 1. The van der Waals surface area contributed by atoms with Gasteiger partial charge in [0.1, 0.15) is 5.82 Å². The second kappa shape index (κ2) is 8.04. The Hall–Kier alpha value is -2.83. The van der Waals surface area contributed by atoms with Crippen LogP contribution in [-0.2, 0) is 6.42 Å². The summed E-state index contributed by atoms with van der Waals surface area (Å²) in [5, 5.41) is 0. The molecule has 0 radical (unpaired) electrons. The van der Waals surface area contributed by atoms with E-state index in [2.05, 4.69) is 63.9 Å². The fourth-order valence-electron chi connectivity index (χ4n) is 3.63. The fraction of sp³-hybridized carbons (Fsp3) is 0.318. The van der Waals surface area contributed by atoms with E-state index in [-0.39, 0.29) is 0 Å². The molecule has 0 atom stereocenters. The van der Waals surface area contributed by atoms with Crippen LogP contribution in [0.2, 0.25) is 0 Å². The van der Waals surface area contributed by atoms with Gasteiger partial charge in [0.15, 0.2) is 0 Å². The molecule has 2 heterocycles. The maximum atomic E-state index is 5.69. The van der Waals surface area contributed by atoms with Gasteiger partial charge in [-0.3, -0.25) is 9.98 Å². The molecule has 1 fully saturated rings. The minimum Gasteiger partial charge on any atom is -0.353 e. The van der Waals surface area contributed by atoms with Gasteiger partial charge in [-0.15, -0.1) is 0 Å². The Morgan fingerprint density at radius 3 is 2.54 bits per heavy atom. The zero-order valence-electron chi connectivity index (χ0n) is 16.3. The molecule has 0 amide bonds. The topological polar surface area (TPSA) is 70.6 Å². The average molecular weight is 374 g/mol. The lowest BCUT2D eigenvalue weighted by molar-refractivity contribution is 0.312. The SMILES string of the molecule is C=Nc1cc(-c2ccc3ncc(N4CCN(C)CC4)nc3c2)ccc1CCN. The molecule has 144 valence electrons. The van der Waals surface area contributed by atoms with Crippen molar-refractivity contribution in [2.24, 2.45) is 10.7 Å². The van der Waals surface area contributed by atoms with Crippen molar-refractivity contribution in [3.05, 3.63) is 48.2 Å². The number of likely N-dealkylation sites (N-methyl/N-ethyl adjacent to an activating group) is 1. The summed E-state index contributed by atoms with van der Waals surface area (Å²) in [6.45, 7) is 8.36. The van der Waals surface area contributed by atoms with E-state index < -0.39 is 0 Å². The van der Waals surface area contributed by atoms with Crippen molar-refractivity contribution in [3.8, 4) is 11.1 Å². The molecule has 0 spiro atoms. The van der Waals surface area contributed by atoms with Gasteiger partial charge in [0.2, 0.25) is 0 Å². The number of aliphatic imine (C=N–C) groups is 1. The molecule has 1 aliphatic heterocycles. The quantitative estimate of drug-likeness (QED) is 0.696. The Bertz CT molecular complexity index is 991. The fourth-order valence-corrected chi connectivity index (χ4v) is 3.63. The van der Waals surface area contributed by atoms with Crippen LogP contribution < -0.4 is 10.6 Å². The molecule has 2 aromatic carbocycles. The second-order valence-corrected chi connectivity index (χ2v) is 7.26. The molecule has 0 unspecified atom stereocenters. The van der Waals surface area contributed by atoms with Crippen LogP contribution >= 0.6 is 0 Å². The number of benzene rings is 2. The van der Waals surface area contributed by atoms with Crippen LogP contribution in [0.5, 0.6) is 0 Å². The molecule has 0 saturated carbocycles. The molecular formula is C22H26N6. The van der Waals surface area contributed by atoms with Crippen molar-refractivity contribution in [1.82, 2.24) is 14.9 Å². The molecule has 2 N–H and O–H groups in total. The van der Waals surface area contributed by atoms with Crippen LogP contribution in [0.15, 0.2) is 47.6 Å². The van der Waals surface area contributed by atoms with Crippen LogP contribution in [-0.4, -0.2) is 61.4 Å². The first-order valence-electron chi connectivity index (χ1n) is 9.68. The maximum Gasteiger partial charge on any atom is 0.147 e. The standard InChI is InChI=1S/C22H26N6/c1-24-20-13-17(4-3-16(20)7-8-23)18-5-6-19-21(14-18)26-22(15-25-19)28-11-9-27(2)10-12-28/h3-6,13-15H,1,7-12,23H2,2H3. The van der Waals surface area contributed by atoms with Gasteiger partial charge in [0.25, 0.3) is 0 Å². The number of piperazine rings is 1. The summed E-state index contributed by atoms with van der Waals surface area (Å²) >= 11 is 0. The summed E-state index contributed by atoms with van der Waals surface area (Å²) in [6, 6.07) is 12.5. The Morgan fingerprint density at radius 1 is 1.04 bits per heavy atom. The van der Waals surface area contributed by atoms with Gasteiger partial charge in [-0.2, -0.15) is 0 Å². The minimum absolute atomic E-state index is 0.600. The monoisotopic (exact) mass is 374 g/mol. The molecule has 1 aliphatic rings. The first kappa shape index (κ1) is 18.5. The predicted octanol–water partition coefficient (Wildman–Crippen LogP) is 2.88. The van der Waals surface area contributed by atoms with Gasteiger partial charge >= 0.3 is 0 Å². The van der Waals surface area contributed by atoms with E-state index in [1.54, 1.807) is 0 Å². The molecule has 28 heavy (non-hydrogen) atoms. The predicted molar refractivity (Wildman–Crippen MR) is 117 cm³/mol. The van der Waals surface area contributed by atoms with E-state index in [4.69, 9.17) is 10.7 Å². The average Bonchev–Trinajstić information content (AvgIpc) is 2.74. The van der Waals surface area contributed by atoms with E-state index in [0.29, 0.717) is 6.54 Å². The maximum absolute atomic E-state index is 5.69. The Kier molecular flexibility index (Phi) is 5.32. The molecular weight excluding hydrogens is 348 g/mol. The number of anilines is 1. The molecule has 4 rings (SSSR count). The highest BCUT2D eigenvalue weighted by Crippen LogP contribution is 2.29. The van der Waals surface area contributed by atoms with Crippen molar-refractivity contribution < 1.29 is 0 Å². The van der Waals surface area contributed by atoms with Gasteiger partial charge in [0.05, 0.1) is 22.9 Å². The summed E-state index contributed by atoms with van der Waals surface area (Å²) in [5.74, 6) is 0.949. The Labute approximate surface area is 165 Å². The number of fused-ring (bicyclic) bond motifs is 1. The molecule has 0 aliphatic carbocycles. The normalized spacial score (nSPS) is 15.1. The van der Waals surface area contributed by atoms with Crippen LogP contribution in [0, 0.1) is 0 Å². The zero-order chi connectivity index (χ0) is 19.5. The summed E-state index contributed by atoms with van der Waals surface area (Å²) in [5.41, 5.74) is 11.7. The highest BCUT2D eigenvalue weighted by atomic mass is 15.3. The molecule has 6 nitrogen and oxygen atoms in total. The van der Waals surface area contributed by atoms with E-state index in [9.17, 15) is 0 Å². The van der Waals surface area contributed by atoms with Crippen molar-refractivity contribution in [3.63, 3.8) is 0 Å². The Morgan fingerprint density at radius 2 is 1.79 bits per heavy atom. The van der Waals surface area contributed by atoms with E-state index >= 15 is 0 Å². The van der Waals surface area contributed by atoms with Gasteiger partial charge in [-0.05, 0) is 61.6 Å². The summed E-state index contributed by atoms with van der Waals surface area (Å²) in [6.07, 6.45) is 2.68. The summed E-state index contributed by atoms with van der Waals surface area (Å²) in [7, 11) is 2.15. The van der Waals surface area contributed by atoms with Crippen LogP contribution in [0.3, 0.4) is 0 Å². The molecule has 6 heteroatoms. The van der Waals surface area contributed by atoms with Gasteiger partial charge in [0, 0.05) is 26.2 Å². The second-order valence-electron chi connectivity index (χ2n) is 7.26. The number of rotatable bonds is 5. The third-order valence-electron chi connectivity index (χ3n) is 5.36. The third kappa shape index (κ3) is 3.74. The largest absolute Gasteiger partial charge is 0.353 e. The summed E-state index contributed by atoms with van der Waals surface area (Å²) in [4.78, 5) is 18.3. The third-order valence-corrected chi connectivity index (χ3v) is 5.36. The van der Waals surface area contributed by atoms with Gasteiger partial charge in [-0.25, -0.2) is 4.98 Å². The zero-order valence-corrected chi connectivity index (χ0v) is 16.3. The van der Waals surface area contributed by atoms with Crippen LogP contribution in [0.4, 0.5) is 11.5 Å². The highest BCUT2D eigenvalue weighted by molar-refractivity contribution is 5.83. The lowest BCUT2D eigenvalue weighted by Gasteiger charge is -2.33. The molecule has 0 bridgehead atoms. The first-order chi connectivity index (χ1) is 13.7. The molecule has 1 saturated heterocycles. The number of aromatic nitrogens is 2. The van der Waals surface area contributed by atoms with Crippen molar-refractivity contribution in [2.75, 3.05) is 44.7 Å². The van der Waals surface area contributed by atoms with Crippen LogP contribution in [0.25, 0.3) is 22.2 Å². The molecule has 3 aromatic rings. The molecule has 1 aromatic heterocycles. The van der Waals surface area contributed by atoms with E-state index in [0.717, 1.165) is 71.8 Å². The smallest absolute Gasteiger partial charge is 0.147 e. The number of hydrogen-bond acceptors (Lipinski definition) is 6.